The largest absolute Gasteiger partial charge is 0.494 e. The van der Waals surface area contributed by atoms with Gasteiger partial charge in [0.15, 0.2) is 0 Å². The number of hydrogen-bond acceptors (Lipinski definition) is 4. The molecule has 8 rings (SSSR count). The van der Waals surface area contributed by atoms with Gasteiger partial charge in [-0.15, -0.1) is 10.2 Å². The first-order valence-corrected chi connectivity index (χ1v) is 15.1. The summed E-state index contributed by atoms with van der Waals surface area (Å²) in [6, 6.07) is 42.5. The molecule has 1 aromatic heterocycles. The van der Waals surface area contributed by atoms with Crippen LogP contribution in [0.5, 0.6) is 0 Å². The van der Waals surface area contributed by atoms with Gasteiger partial charge in [-0.1, -0.05) is 97.1 Å². The van der Waals surface area contributed by atoms with Gasteiger partial charge < -0.3 is 9.31 Å². The quantitative estimate of drug-likeness (QED) is 0.199. The minimum absolute atomic E-state index is 0.391. The normalized spacial score (nSPS) is 15.9. The second-order valence-electron chi connectivity index (χ2n) is 12.6. The summed E-state index contributed by atoms with van der Waals surface area (Å²) in [6.07, 6.45) is 0. The summed E-state index contributed by atoms with van der Waals surface area (Å²) in [6.45, 7) is 8.28. The third-order valence-electron chi connectivity index (χ3n) is 9.32. The Balaban J connectivity index is 1.28. The van der Waals surface area contributed by atoms with Gasteiger partial charge in [-0.2, -0.15) is 4.80 Å². The molecule has 2 heterocycles. The van der Waals surface area contributed by atoms with Gasteiger partial charge in [0.25, 0.3) is 0 Å². The Hall–Kier alpha value is -4.78. The highest BCUT2D eigenvalue weighted by Gasteiger charge is 2.51. The topological polar surface area (TPSA) is 49.2 Å². The summed E-state index contributed by atoms with van der Waals surface area (Å²) in [5.74, 6) is 0. The smallest absolute Gasteiger partial charge is 0.399 e. The zero-order valence-electron chi connectivity index (χ0n) is 25.3. The van der Waals surface area contributed by atoms with Crippen LogP contribution in [0.1, 0.15) is 27.7 Å². The zero-order valence-corrected chi connectivity index (χ0v) is 25.3. The van der Waals surface area contributed by atoms with E-state index in [9.17, 15) is 0 Å². The van der Waals surface area contributed by atoms with E-state index in [0.717, 1.165) is 38.9 Å². The van der Waals surface area contributed by atoms with E-state index in [2.05, 4.69) is 125 Å². The molecule has 7 aromatic rings. The van der Waals surface area contributed by atoms with Crippen molar-refractivity contribution >= 4 is 45.2 Å². The summed E-state index contributed by atoms with van der Waals surface area (Å²) in [7, 11) is -0.417. The zero-order chi connectivity index (χ0) is 30.1. The molecule has 1 aliphatic rings. The minimum Gasteiger partial charge on any atom is -0.399 e. The highest BCUT2D eigenvalue weighted by Crippen LogP contribution is 2.39. The molecule has 0 spiro atoms. The Kier molecular flexibility index (Phi) is 6.02. The molecule has 5 nitrogen and oxygen atoms in total. The fourth-order valence-corrected chi connectivity index (χ4v) is 6.18. The van der Waals surface area contributed by atoms with E-state index in [1.54, 1.807) is 4.80 Å². The maximum absolute atomic E-state index is 6.27. The highest BCUT2D eigenvalue weighted by molar-refractivity contribution is 6.62. The Morgan fingerprint density at radius 3 is 1.80 bits per heavy atom. The summed E-state index contributed by atoms with van der Waals surface area (Å²) in [4.78, 5) is 1.74. The van der Waals surface area contributed by atoms with Crippen LogP contribution < -0.4 is 5.46 Å². The van der Waals surface area contributed by atoms with Gasteiger partial charge in [0, 0.05) is 5.56 Å². The third kappa shape index (κ3) is 4.33. The highest BCUT2D eigenvalue weighted by atomic mass is 16.7. The maximum atomic E-state index is 6.27. The number of aromatic nitrogens is 3. The van der Waals surface area contributed by atoms with Gasteiger partial charge >= 0.3 is 7.12 Å². The van der Waals surface area contributed by atoms with Crippen molar-refractivity contribution < 1.29 is 9.31 Å². The van der Waals surface area contributed by atoms with E-state index >= 15 is 0 Å². The average molecular weight is 574 g/mol. The van der Waals surface area contributed by atoms with Gasteiger partial charge in [0.2, 0.25) is 0 Å². The first kappa shape index (κ1) is 26.8. The first-order valence-electron chi connectivity index (χ1n) is 15.1. The molecule has 0 radical (unpaired) electrons. The number of fused-ring (bicyclic) bond motifs is 3. The lowest BCUT2D eigenvalue weighted by molar-refractivity contribution is 0.00578. The minimum atomic E-state index is -0.417. The molecule has 6 heteroatoms. The monoisotopic (exact) mass is 573 g/mol. The van der Waals surface area contributed by atoms with Crippen molar-refractivity contribution in [2.75, 3.05) is 0 Å². The second-order valence-corrected chi connectivity index (χ2v) is 12.6. The Labute approximate surface area is 257 Å². The van der Waals surface area contributed by atoms with E-state index in [-0.39, 0.29) is 0 Å². The lowest BCUT2D eigenvalue weighted by Gasteiger charge is -2.32. The second kappa shape index (κ2) is 9.88. The Bertz CT molecular complexity index is 2170. The van der Waals surface area contributed by atoms with Crippen LogP contribution in [0.2, 0.25) is 0 Å². The van der Waals surface area contributed by atoms with Crippen molar-refractivity contribution in [2.45, 2.75) is 38.9 Å². The number of hydrogen-bond donors (Lipinski definition) is 0. The number of rotatable bonds is 4. The molecule has 1 fully saturated rings. The Morgan fingerprint density at radius 2 is 1.14 bits per heavy atom. The van der Waals surface area contributed by atoms with Crippen molar-refractivity contribution in [3.63, 3.8) is 0 Å². The first-order chi connectivity index (χ1) is 21.3. The molecule has 0 bridgehead atoms. The molecule has 0 saturated carbocycles. The molecule has 0 unspecified atom stereocenters. The van der Waals surface area contributed by atoms with Crippen LogP contribution in [0.25, 0.3) is 60.5 Å². The summed E-state index contributed by atoms with van der Waals surface area (Å²) in [5.41, 5.74) is 7.24. The molecule has 0 aliphatic carbocycles. The van der Waals surface area contributed by atoms with Crippen LogP contribution in [0.15, 0.2) is 121 Å². The number of benzene rings is 6. The lowest BCUT2D eigenvalue weighted by atomic mass is 9.79. The SMILES string of the molecule is CC1(C)OB(c2ccc(-n3nc4cc(-c5cccc6ccccc56)cc(-c5cccc6ccccc56)c4n3)cc2)OC1(C)C. The van der Waals surface area contributed by atoms with Crippen LogP contribution in [-0.2, 0) is 9.31 Å². The van der Waals surface area contributed by atoms with Crippen molar-refractivity contribution in [3.05, 3.63) is 121 Å². The van der Waals surface area contributed by atoms with Crippen LogP contribution in [0.4, 0.5) is 0 Å². The fourth-order valence-electron chi connectivity index (χ4n) is 6.18. The van der Waals surface area contributed by atoms with Crippen LogP contribution in [0.3, 0.4) is 0 Å². The van der Waals surface area contributed by atoms with E-state index in [0.29, 0.717) is 0 Å². The van der Waals surface area contributed by atoms with E-state index < -0.39 is 18.3 Å². The molecule has 0 amide bonds. The molecule has 44 heavy (non-hydrogen) atoms. The molecular weight excluding hydrogens is 541 g/mol. The molecule has 1 aliphatic heterocycles. The lowest BCUT2D eigenvalue weighted by Crippen LogP contribution is -2.41. The van der Waals surface area contributed by atoms with Gasteiger partial charge in [-0.25, -0.2) is 0 Å². The molecule has 1 saturated heterocycles. The molecular formula is C38H32BN3O2. The predicted octanol–water partition coefficient (Wildman–Crippen LogP) is 8.36. The third-order valence-corrected chi connectivity index (χ3v) is 9.32. The van der Waals surface area contributed by atoms with Gasteiger partial charge in [-0.05, 0) is 95.7 Å². The van der Waals surface area contributed by atoms with E-state index in [4.69, 9.17) is 19.5 Å². The van der Waals surface area contributed by atoms with Gasteiger partial charge in [0.1, 0.15) is 11.0 Å². The van der Waals surface area contributed by atoms with E-state index in [1.807, 2.05) is 24.3 Å². The standard InChI is InChI=1S/C38H32BN3O2/c1-37(2)38(3,4)44-39(43-37)28-19-21-29(22-20-28)42-40-35-24-27(32-17-9-13-25-11-5-7-15-30(25)32)23-34(36(35)41-42)33-18-10-14-26-12-6-8-16-31(26)33/h5-24H,1-4H3. The maximum Gasteiger partial charge on any atom is 0.494 e. The van der Waals surface area contributed by atoms with Gasteiger partial charge in [-0.3, -0.25) is 0 Å². The molecule has 0 N–H and O–H groups in total. The summed E-state index contributed by atoms with van der Waals surface area (Å²) < 4.78 is 12.5. The van der Waals surface area contributed by atoms with E-state index in [1.165, 1.54) is 27.1 Å². The summed E-state index contributed by atoms with van der Waals surface area (Å²) in [5, 5.41) is 14.9. The summed E-state index contributed by atoms with van der Waals surface area (Å²) >= 11 is 0. The van der Waals surface area contributed by atoms with Crippen LogP contribution >= 0.6 is 0 Å². The van der Waals surface area contributed by atoms with Crippen molar-refractivity contribution in [2.24, 2.45) is 0 Å². The molecule has 0 atom stereocenters. The van der Waals surface area contributed by atoms with Crippen molar-refractivity contribution in [3.8, 4) is 27.9 Å². The van der Waals surface area contributed by atoms with Crippen molar-refractivity contribution in [1.82, 2.24) is 15.0 Å². The molecule has 214 valence electrons. The van der Waals surface area contributed by atoms with Crippen LogP contribution in [-0.4, -0.2) is 33.3 Å². The van der Waals surface area contributed by atoms with Crippen molar-refractivity contribution in [1.29, 1.82) is 0 Å². The average Bonchev–Trinajstić information content (AvgIpc) is 3.57. The number of nitrogens with zero attached hydrogens (tertiary/aromatic N) is 3. The molecule has 6 aromatic carbocycles. The van der Waals surface area contributed by atoms with Crippen LogP contribution in [0, 0.1) is 0 Å². The Morgan fingerprint density at radius 1 is 0.568 bits per heavy atom. The fraction of sp³-hybridized carbons (Fsp3) is 0.158. The predicted molar refractivity (Wildman–Crippen MR) is 180 cm³/mol. The van der Waals surface area contributed by atoms with Gasteiger partial charge in [0.05, 0.1) is 16.9 Å².